The number of carbonyl (C=O) groups is 1. The van der Waals surface area contributed by atoms with Gasteiger partial charge >= 0.3 is 5.97 Å². The van der Waals surface area contributed by atoms with Gasteiger partial charge in [0.15, 0.2) is 6.07 Å². The molecule has 0 fully saturated rings. The zero-order valence-corrected chi connectivity index (χ0v) is 11.7. The van der Waals surface area contributed by atoms with Gasteiger partial charge in [-0.2, -0.15) is 0 Å². The number of halogens is 2. The van der Waals surface area contributed by atoms with Crippen molar-refractivity contribution in [3.05, 3.63) is 59.9 Å². The van der Waals surface area contributed by atoms with Gasteiger partial charge in [0.2, 0.25) is 0 Å². The highest BCUT2D eigenvalue weighted by atomic mass is 35.5. The van der Waals surface area contributed by atoms with Gasteiger partial charge in [0.05, 0.1) is 5.92 Å². The number of esters is 1. The summed E-state index contributed by atoms with van der Waals surface area (Å²) in [5.41, 5.74) is 1.87. The van der Waals surface area contributed by atoms with Gasteiger partial charge in [0, 0.05) is 5.56 Å². The average molecular weight is 293 g/mol. The maximum atomic E-state index is 14.2. The highest BCUT2D eigenvalue weighted by molar-refractivity contribution is 6.17. The zero-order valence-electron chi connectivity index (χ0n) is 11.0. The molecule has 2 aromatic carbocycles. The molecule has 20 heavy (non-hydrogen) atoms. The number of hydrogen-bond acceptors (Lipinski definition) is 2. The van der Waals surface area contributed by atoms with Crippen molar-refractivity contribution >= 4 is 17.6 Å². The van der Waals surface area contributed by atoms with Crippen LogP contribution in [0.3, 0.4) is 0 Å². The van der Waals surface area contributed by atoms with Crippen molar-refractivity contribution < 1.29 is 13.9 Å². The summed E-state index contributed by atoms with van der Waals surface area (Å²) in [4.78, 5) is 11.6. The van der Waals surface area contributed by atoms with Gasteiger partial charge in [0.1, 0.15) is 5.82 Å². The second-order valence-corrected chi connectivity index (χ2v) is 4.62. The van der Waals surface area contributed by atoms with Crippen LogP contribution in [0, 0.1) is 5.82 Å². The van der Waals surface area contributed by atoms with Crippen molar-refractivity contribution in [2.75, 3.05) is 6.07 Å². The molecule has 2 aromatic rings. The fourth-order valence-electron chi connectivity index (χ4n) is 1.97. The predicted octanol–water partition coefficient (Wildman–Crippen LogP) is 4.34. The van der Waals surface area contributed by atoms with Crippen LogP contribution in [0.25, 0.3) is 11.1 Å². The van der Waals surface area contributed by atoms with Crippen molar-refractivity contribution in [2.24, 2.45) is 0 Å². The summed E-state index contributed by atoms with van der Waals surface area (Å²) < 4.78 is 18.9. The SMILES string of the molecule is CC(C(=O)OCCl)c1ccc(-c2ccccc2)c(F)c1. The molecule has 0 radical (unpaired) electrons. The van der Waals surface area contributed by atoms with Gasteiger partial charge < -0.3 is 4.74 Å². The van der Waals surface area contributed by atoms with Crippen molar-refractivity contribution in [3.63, 3.8) is 0 Å². The minimum absolute atomic E-state index is 0.201. The molecule has 0 N–H and O–H groups in total. The van der Waals surface area contributed by atoms with Crippen LogP contribution < -0.4 is 0 Å². The highest BCUT2D eigenvalue weighted by Crippen LogP contribution is 2.26. The molecule has 0 aliphatic rings. The summed E-state index contributed by atoms with van der Waals surface area (Å²) in [5, 5.41) is 0. The first-order valence-corrected chi connectivity index (χ1v) is 6.74. The Morgan fingerprint density at radius 1 is 1.25 bits per heavy atom. The Bertz CT molecular complexity index is 599. The minimum atomic E-state index is -0.548. The molecule has 1 atom stereocenters. The number of ether oxygens (including phenoxy) is 1. The molecule has 2 nitrogen and oxygen atoms in total. The number of alkyl halides is 1. The van der Waals surface area contributed by atoms with E-state index in [2.05, 4.69) is 0 Å². The predicted molar refractivity (Wildman–Crippen MR) is 77.1 cm³/mol. The summed E-state index contributed by atoms with van der Waals surface area (Å²) in [7, 11) is 0. The van der Waals surface area contributed by atoms with Gasteiger partial charge in [-0.05, 0) is 24.1 Å². The van der Waals surface area contributed by atoms with Crippen molar-refractivity contribution in [1.82, 2.24) is 0 Å². The normalized spacial score (nSPS) is 11.9. The Hall–Kier alpha value is -1.87. The van der Waals surface area contributed by atoms with Crippen LogP contribution in [0.1, 0.15) is 18.4 Å². The van der Waals surface area contributed by atoms with Crippen LogP contribution in [0.4, 0.5) is 4.39 Å². The largest absolute Gasteiger partial charge is 0.449 e. The van der Waals surface area contributed by atoms with E-state index in [1.165, 1.54) is 6.07 Å². The van der Waals surface area contributed by atoms with Crippen molar-refractivity contribution in [1.29, 1.82) is 0 Å². The molecule has 0 amide bonds. The fourth-order valence-corrected chi connectivity index (χ4v) is 2.07. The Kier molecular flexibility index (Phi) is 4.74. The molecule has 0 heterocycles. The van der Waals surface area contributed by atoms with E-state index in [9.17, 15) is 9.18 Å². The molecule has 2 rings (SSSR count). The van der Waals surface area contributed by atoms with Crippen LogP contribution >= 0.6 is 11.6 Å². The van der Waals surface area contributed by atoms with Gasteiger partial charge in [-0.25, -0.2) is 4.39 Å². The zero-order chi connectivity index (χ0) is 14.5. The van der Waals surface area contributed by atoms with Crippen molar-refractivity contribution in [3.8, 4) is 11.1 Å². The molecule has 104 valence electrons. The molecule has 1 unspecified atom stereocenters. The van der Waals surface area contributed by atoms with Gasteiger partial charge in [-0.15, -0.1) is 0 Å². The van der Waals surface area contributed by atoms with Gasteiger partial charge in [-0.3, -0.25) is 4.79 Å². The molecule has 4 heteroatoms. The van der Waals surface area contributed by atoms with Crippen LogP contribution in [0.5, 0.6) is 0 Å². The second kappa shape index (κ2) is 6.53. The van der Waals surface area contributed by atoms with Crippen LogP contribution in [-0.4, -0.2) is 12.0 Å². The summed E-state index contributed by atoms with van der Waals surface area (Å²) >= 11 is 5.35. The van der Waals surface area contributed by atoms with Crippen molar-refractivity contribution in [2.45, 2.75) is 12.8 Å². The third-order valence-corrected chi connectivity index (χ3v) is 3.24. The van der Waals surface area contributed by atoms with E-state index < -0.39 is 11.9 Å². The lowest BCUT2D eigenvalue weighted by Gasteiger charge is -2.12. The maximum absolute atomic E-state index is 14.2. The number of rotatable bonds is 4. The second-order valence-electron chi connectivity index (χ2n) is 4.40. The molecule has 0 spiro atoms. The Balaban J connectivity index is 2.29. The lowest BCUT2D eigenvalue weighted by molar-refractivity contribution is -0.142. The smallest absolute Gasteiger partial charge is 0.314 e. The highest BCUT2D eigenvalue weighted by Gasteiger charge is 2.18. The molecule has 0 aliphatic heterocycles. The van der Waals surface area contributed by atoms with E-state index in [1.807, 2.05) is 30.3 Å². The monoisotopic (exact) mass is 292 g/mol. The van der Waals surface area contributed by atoms with Crippen LogP contribution in [-0.2, 0) is 9.53 Å². The Labute approximate surface area is 122 Å². The van der Waals surface area contributed by atoms with E-state index in [0.717, 1.165) is 5.56 Å². The van der Waals surface area contributed by atoms with Crippen LogP contribution in [0.15, 0.2) is 48.5 Å². The summed E-state index contributed by atoms with van der Waals surface area (Å²) in [6.07, 6.45) is 0. The Morgan fingerprint density at radius 3 is 2.55 bits per heavy atom. The third-order valence-electron chi connectivity index (χ3n) is 3.13. The summed E-state index contributed by atoms with van der Waals surface area (Å²) in [5.74, 6) is -1.38. The first-order chi connectivity index (χ1) is 9.63. The molecule has 0 aliphatic carbocycles. The van der Waals surface area contributed by atoms with Gasteiger partial charge in [-0.1, -0.05) is 54.1 Å². The van der Waals surface area contributed by atoms with E-state index >= 15 is 0 Å². The lowest BCUT2D eigenvalue weighted by Crippen LogP contribution is -2.12. The lowest BCUT2D eigenvalue weighted by atomic mass is 9.97. The quantitative estimate of drug-likeness (QED) is 0.619. The van der Waals surface area contributed by atoms with E-state index in [0.29, 0.717) is 11.1 Å². The topological polar surface area (TPSA) is 26.3 Å². The molecular formula is C16H14ClFO2. The average Bonchev–Trinajstić information content (AvgIpc) is 2.47. The molecule has 0 saturated carbocycles. The maximum Gasteiger partial charge on any atom is 0.314 e. The summed E-state index contributed by atoms with van der Waals surface area (Å²) in [6, 6.07) is 13.8. The Morgan fingerprint density at radius 2 is 1.95 bits per heavy atom. The van der Waals surface area contributed by atoms with Crippen LogP contribution in [0.2, 0.25) is 0 Å². The van der Waals surface area contributed by atoms with Gasteiger partial charge in [0.25, 0.3) is 0 Å². The summed E-state index contributed by atoms with van der Waals surface area (Å²) in [6.45, 7) is 1.66. The standard InChI is InChI=1S/C16H14ClFO2/c1-11(16(19)20-10-17)13-7-8-14(15(18)9-13)12-5-3-2-4-6-12/h2-9,11H,10H2,1H3. The van der Waals surface area contributed by atoms with E-state index in [1.54, 1.807) is 19.1 Å². The number of benzene rings is 2. The molecule has 0 saturated heterocycles. The fraction of sp³-hybridized carbons (Fsp3) is 0.188. The number of carbonyl (C=O) groups excluding carboxylic acids is 1. The first kappa shape index (κ1) is 14.5. The van der Waals surface area contributed by atoms with E-state index in [-0.39, 0.29) is 11.9 Å². The molecule has 0 aromatic heterocycles. The molecular weight excluding hydrogens is 279 g/mol. The minimum Gasteiger partial charge on any atom is -0.449 e. The first-order valence-electron chi connectivity index (χ1n) is 6.21. The third kappa shape index (κ3) is 3.17. The molecule has 0 bridgehead atoms. The number of hydrogen-bond donors (Lipinski definition) is 0. The van der Waals surface area contributed by atoms with E-state index in [4.69, 9.17) is 16.3 Å².